The first kappa shape index (κ1) is 16.1. The van der Waals surface area contributed by atoms with E-state index in [-0.39, 0.29) is 0 Å². The van der Waals surface area contributed by atoms with Gasteiger partial charge in [-0.15, -0.1) is 5.10 Å². The van der Waals surface area contributed by atoms with Gasteiger partial charge in [0.1, 0.15) is 4.99 Å². The Morgan fingerprint density at radius 3 is 2.71 bits per heavy atom. The molecule has 0 amide bonds. The highest BCUT2D eigenvalue weighted by Gasteiger charge is 2.28. The van der Waals surface area contributed by atoms with Gasteiger partial charge in [0.25, 0.3) is 0 Å². The van der Waals surface area contributed by atoms with E-state index >= 15 is 0 Å². The average Bonchev–Trinajstić information content (AvgIpc) is 2.94. The Morgan fingerprint density at radius 2 is 2.14 bits per heavy atom. The summed E-state index contributed by atoms with van der Waals surface area (Å²) in [4.78, 5) is 2.66. The molecule has 2 rings (SSSR count). The minimum Gasteiger partial charge on any atom is -0.389 e. The van der Waals surface area contributed by atoms with E-state index in [4.69, 9.17) is 22.7 Å². The molecule has 2 heterocycles. The van der Waals surface area contributed by atoms with Crippen LogP contribution in [0.1, 0.15) is 37.1 Å². The summed E-state index contributed by atoms with van der Waals surface area (Å²) in [7, 11) is 1.74. The molecule has 5 nitrogen and oxygen atoms in total. The first-order valence-electron chi connectivity index (χ1n) is 7.54. The van der Waals surface area contributed by atoms with Crippen LogP contribution in [0.4, 0.5) is 5.82 Å². The second kappa shape index (κ2) is 7.13. The number of thiocarbonyl (C=S) groups is 1. The number of nitrogens with two attached hydrogens (primary N) is 1. The molecule has 1 aromatic heterocycles. The molecular weight excluding hydrogens is 284 g/mol. The van der Waals surface area contributed by atoms with Gasteiger partial charge in [-0.2, -0.15) is 5.10 Å². The highest BCUT2D eigenvalue weighted by molar-refractivity contribution is 7.80. The van der Waals surface area contributed by atoms with E-state index in [1.807, 2.05) is 0 Å². The van der Waals surface area contributed by atoms with E-state index in [9.17, 15) is 0 Å². The second-order valence-electron chi connectivity index (χ2n) is 5.45. The molecule has 1 aliphatic heterocycles. The summed E-state index contributed by atoms with van der Waals surface area (Å²) < 4.78 is 5.26. The van der Waals surface area contributed by atoms with E-state index in [2.05, 4.69) is 28.9 Å². The standard InChI is InChI=1S/C15H24N4OS/c1-4-11-12(5-2)17-18-15(13(11)14(16)21)19-7-6-10(8-19)9-20-3/h10H,4-9H2,1-3H3,(H2,16,21). The smallest absolute Gasteiger partial charge is 0.161 e. The average molecular weight is 308 g/mol. The summed E-state index contributed by atoms with van der Waals surface area (Å²) in [5.41, 5.74) is 9.04. The zero-order valence-corrected chi connectivity index (χ0v) is 13.9. The van der Waals surface area contributed by atoms with E-state index in [0.717, 1.165) is 61.6 Å². The summed E-state index contributed by atoms with van der Waals surface area (Å²) >= 11 is 5.29. The normalized spacial score (nSPS) is 18.2. The Bertz CT molecular complexity index is 521. The first-order chi connectivity index (χ1) is 10.1. The van der Waals surface area contributed by atoms with Gasteiger partial charge < -0.3 is 15.4 Å². The number of nitrogens with zero attached hydrogens (tertiary/aromatic N) is 3. The molecule has 6 heteroatoms. The maximum atomic E-state index is 5.99. The van der Waals surface area contributed by atoms with Crippen molar-refractivity contribution in [2.45, 2.75) is 33.1 Å². The topological polar surface area (TPSA) is 64.3 Å². The lowest BCUT2D eigenvalue weighted by Crippen LogP contribution is -2.28. The van der Waals surface area contributed by atoms with Crippen molar-refractivity contribution < 1.29 is 4.74 Å². The quantitative estimate of drug-likeness (QED) is 0.807. The van der Waals surface area contributed by atoms with E-state index < -0.39 is 0 Å². The SMILES string of the molecule is CCc1nnc(N2CCC(COC)C2)c(C(N)=S)c1CC. The highest BCUT2D eigenvalue weighted by Crippen LogP contribution is 2.28. The van der Waals surface area contributed by atoms with Crippen molar-refractivity contribution >= 4 is 23.0 Å². The van der Waals surface area contributed by atoms with Crippen LogP contribution < -0.4 is 10.6 Å². The number of methoxy groups -OCH3 is 1. The molecule has 1 aromatic rings. The molecule has 1 atom stereocenters. The molecule has 0 spiro atoms. The lowest BCUT2D eigenvalue weighted by molar-refractivity contribution is 0.161. The Labute approximate surface area is 131 Å². The Hall–Kier alpha value is -1.27. The van der Waals surface area contributed by atoms with Crippen LogP contribution in [-0.4, -0.2) is 42.0 Å². The zero-order valence-electron chi connectivity index (χ0n) is 13.1. The summed E-state index contributed by atoms with van der Waals surface area (Å²) in [6.07, 6.45) is 2.81. The van der Waals surface area contributed by atoms with Crippen LogP contribution in [0.15, 0.2) is 0 Å². The second-order valence-corrected chi connectivity index (χ2v) is 5.89. The lowest BCUT2D eigenvalue weighted by atomic mass is 10.0. The number of hydrogen-bond donors (Lipinski definition) is 1. The zero-order chi connectivity index (χ0) is 15.4. The van der Waals surface area contributed by atoms with E-state index in [0.29, 0.717) is 10.9 Å². The van der Waals surface area contributed by atoms with Gasteiger partial charge in [0.15, 0.2) is 5.82 Å². The summed E-state index contributed by atoms with van der Waals surface area (Å²) in [5, 5.41) is 8.81. The molecular formula is C15H24N4OS. The van der Waals surface area contributed by atoms with Crippen molar-refractivity contribution in [3.8, 4) is 0 Å². The minimum absolute atomic E-state index is 0.418. The molecule has 21 heavy (non-hydrogen) atoms. The van der Waals surface area contributed by atoms with Crippen LogP contribution in [0, 0.1) is 5.92 Å². The third-order valence-corrected chi connectivity index (χ3v) is 4.27. The van der Waals surface area contributed by atoms with Gasteiger partial charge in [0, 0.05) is 26.1 Å². The van der Waals surface area contributed by atoms with Crippen molar-refractivity contribution in [1.29, 1.82) is 0 Å². The highest BCUT2D eigenvalue weighted by atomic mass is 32.1. The van der Waals surface area contributed by atoms with Crippen LogP contribution in [0.25, 0.3) is 0 Å². The maximum absolute atomic E-state index is 5.99. The van der Waals surface area contributed by atoms with Crippen molar-refractivity contribution in [3.63, 3.8) is 0 Å². The maximum Gasteiger partial charge on any atom is 0.161 e. The number of aryl methyl sites for hydroxylation is 1. The third-order valence-electron chi connectivity index (χ3n) is 4.06. The number of aromatic nitrogens is 2. The number of hydrogen-bond acceptors (Lipinski definition) is 5. The van der Waals surface area contributed by atoms with Crippen molar-refractivity contribution in [2.24, 2.45) is 11.7 Å². The predicted octanol–water partition coefficient (Wildman–Crippen LogP) is 1.71. The molecule has 1 aliphatic rings. The van der Waals surface area contributed by atoms with Crippen molar-refractivity contribution in [3.05, 3.63) is 16.8 Å². The van der Waals surface area contributed by atoms with Crippen LogP contribution in [0.5, 0.6) is 0 Å². The number of anilines is 1. The molecule has 1 fully saturated rings. The van der Waals surface area contributed by atoms with Crippen molar-refractivity contribution in [2.75, 3.05) is 31.7 Å². The molecule has 0 saturated carbocycles. The van der Waals surface area contributed by atoms with Gasteiger partial charge >= 0.3 is 0 Å². The summed E-state index contributed by atoms with van der Waals surface area (Å²) in [6, 6.07) is 0. The molecule has 0 aromatic carbocycles. The van der Waals surface area contributed by atoms with Crippen LogP contribution in [-0.2, 0) is 17.6 Å². The van der Waals surface area contributed by atoms with Gasteiger partial charge in [-0.3, -0.25) is 0 Å². The first-order valence-corrected chi connectivity index (χ1v) is 7.95. The predicted molar refractivity (Wildman–Crippen MR) is 88.9 cm³/mol. The fourth-order valence-electron chi connectivity index (χ4n) is 3.04. The summed E-state index contributed by atoms with van der Waals surface area (Å²) in [5.74, 6) is 1.38. The minimum atomic E-state index is 0.418. The van der Waals surface area contributed by atoms with Gasteiger partial charge in [-0.1, -0.05) is 26.1 Å². The Morgan fingerprint density at radius 1 is 1.38 bits per heavy atom. The Balaban J connectivity index is 2.38. The van der Waals surface area contributed by atoms with Gasteiger partial charge in [-0.25, -0.2) is 0 Å². The molecule has 0 radical (unpaired) electrons. The Kier molecular flexibility index (Phi) is 5.47. The monoisotopic (exact) mass is 308 g/mol. The van der Waals surface area contributed by atoms with Gasteiger partial charge in [0.05, 0.1) is 17.9 Å². The van der Waals surface area contributed by atoms with E-state index in [1.165, 1.54) is 0 Å². The largest absolute Gasteiger partial charge is 0.389 e. The van der Waals surface area contributed by atoms with Crippen LogP contribution in [0.3, 0.4) is 0 Å². The molecule has 1 saturated heterocycles. The number of ether oxygens (including phenoxy) is 1. The van der Waals surface area contributed by atoms with Crippen molar-refractivity contribution in [1.82, 2.24) is 10.2 Å². The fourth-order valence-corrected chi connectivity index (χ4v) is 3.25. The third kappa shape index (κ3) is 3.32. The van der Waals surface area contributed by atoms with Gasteiger partial charge in [0.2, 0.25) is 0 Å². The molecule has 116 valence electrons. The lowest BCUT2D eigenvalue weighted by Gasteiger charge is -2.22. The van der Waals surface area contributed by atoms with Crippen LogP contribution >= 0.6 is 12.2 Å². The molecule has 0 aliphatic carbocycles. The van der Waals surface area contributed by atoms with E-state index in [1.54, 1.807) is 7.11 Å². The molecule has 1 unspecified atom stereocenters. The fraction of sp³-hybridized carbons (Fsp3) is 0.667. The molecule has 2 N–H and O–H groups in total. The summed E-state index contributed by atoms with van der Waals surface area (Å²) in [6.45, 7) is 6.84. The van der Waals surface area contributed by atoms with Gasteiger partial charge in [-0.05, 0) is 24.8 Å². The molecule has 0 bridgehead atoms. The van der Waals surface area contributed by atoms with Crippen LogP contribution in [0.2, 0.25) is 0 Å². The number of rotatable bonds is 6.